The standard InChI is InChI=1S/C14H22BrN3O2S.ClH/c15-12-9-14(11-16-10-12)21(19,20)18-8-7-17-13-5-3-1-2-4-6-13;/h9-11,13,17-18H,1-8H2;1H. The van der Waals surface area contributed by atoms with Gasteiger partial charge in [-0.05, 0) is 34.8 Å². The molecule has 0 saturated heterocycles. The van der Waals surface area contributed by atoms with E-state index in [0.29, 0.717) is 23.6 Å². The summed E-state index contributed by atoms with van der Waals surface area (Å²) in [6, 6.07) is 2.08. The van der Waals surface area contributed by atoms with Crippen LogP contribution in [0.1, 0.15) is 38.5 Å². The van der Waals surface area contributed by atoms with Crippen LogP contribution in [0.4, 0.5) is 0 Å². The maximum Gasteiger partial charge on any atom is 0.242 e. The molecule has 0 radical (unpaired) electrons. The lowest BCUT2D eigenvalue weighted by Crippen LogP contribution is -2.36. The van der Waals surface area contributed by atoms with Gasteiger partial charge in [0.1, 0.15) is 4.90 Å². The van der Waals surface area contributed by atoms with E-state index in [1.54, 1.807) is 12.3 Å². The molecular weight excluding hydrogens is 390 g/mol. The van der Waals surface area contributed by atoms with Crippen molar-refractivity contribution in [1.82, 2.24) is 15.0 Å². The van der Waals surface area contributed by atoms with E-state index >= 15 is 0 Å². The van der Waals surface area contributed by atoms with E-state index < -0.39 is 10.0 Å². The Balaban J connectivity index is 0.00000242. The molecule has 1 aliphatic carbocycles. The topological polar surface area (TPSA) is 71.1 Å². The van der Waals surface area contributed by atoms with Gasteiger partial charge < -0.3 is 5.32 Å². The van der Waals surface area contributed by atoms with Gasteiger partial charge in [-0.2, -0.15) is 0 Å². The number of nitrogens with zero attached hydrogens (tertiary/aromatic N) is 1. The van der Waals surface area contributed by atoms with Gasteiger partial charge in [0.05, 0.1) is 0 Å². The van der Waals surface area contributed by atoms with E-state index in [2.05, 4.69) is 31.0 Å². The average molecular weight is 413 g/mol. The molecule has 0 bridgehead atoms. The number of aromatic nitrogens is 1. The quantitative estimate of drug-likeness (QED) is 0.557. The van der Waals surface area contributed by atoms with Crippen molar-refractivity contribution >= 4 is 38.4 Å². The van der Waals surface area contributed by atoms with Crippen molar-refractivity contribution in [2.24, 2.45) is 0 Å². The predicted octanol–water partition coefficient (Wildman–Crippen LogP) is 2.86. The Bertz CT molecular complexity index is 549. The molecule has 5 nitrogen and oxygen atoms in total. The summed E-state index contributed by atoms with van der Waals surface area (Å²) in [4.78, 5) is 4.07. The zero-order chi connectivity index (χ0) is 15.1. The van der Waals surface area contributed by atoms with Crippen molar-refractivity contribution in [2.75, 3.05) is 13.1 Å². The van der Waals surface area contributed by atoms with Gasteiger partial charge in [-0.1, -0.05) is 25.7 Å². The highest BCUT2D eigenvalue weighted by Gasteiger charge is 2.15. The minimum Gasteiger partial charge on any atom is -0.313 e. The number of sulfonamides is 1. The zero-order valence-corrected chi connectivity index (χ0v) is 15.6. The third-order valence-corrected chi connectivity index (χ3v) is 5.56. The van der Waals surface area contributed by atoms with Crippen molar-refractivity contribution in [1.29, 1.82) is 0 Å². The summed E-state index contributed by atoms with van der Waals surface area (Å²) in [5.74, 6) is 0. The Morgan fingerprint density at radius 1 is 1.14 bits per heavy atom. The first-order valence-corrected chi connectivity index (χ1v) is 9.69. The lowest BCUT2D eigenvalue weighted by atomic mass is 10.1. The molecule has 0 aromatic carbocycles. The highest BCUT2D eigenvalue weighted by atomic mass is 79.9. The lowest BCUT2D eigenvalue weighted by Gasteiger charge is -2.16. The van der Waals surface area contributed by atoms with Gasteiger partial charge in [0.15, 0.2) is 0 Å². The Morgan fingerprint density at radius 3 is 2.45 bits per heavy atom. The molecule has 0 aliphatic heterocycles. The maximum atomic E-state index is 12.1. The molecule has 2 rings (SSSR count). The zero-order valence-electron chi connectivity index (χ0n) is 12.4. The third-order valence-electron chi connectivity index (χ3n) is 3.70. The first kappa shape index (κ1) is 19.8. The predicted molar refractivity (Wildman–Crippen MR) is 93.9 cm³/mol. The Labute approximate surface area is 147 Å². The van der Waals surface area contributed by atoms with Crippen molar-refractivity contribution < 1.29 is 8.42 Å². The first-order valence-electron chi connectivity index (χ1n) is 7.41. The van der Waals surface area contributed by atoms with Crippen LogP contribution in [0.3, 0.4) is 0 Å². The van der Waals surface area contributed by atoms with Crippen LogP contribution in [-0.4, -0.2) is 32.5 Å². The van der Waals surface area contributed by atoms with Crippen molar-refractivity contribution in [2.45, 2.75) is 49.5 Å². The number of hydrogen-bond acceptors (Lipinski definition) is 4. The summed E-state index contributed by atoms with van der Waals surface area (Å²) < 4.78 is 27.4. The van der Waals surface area contributed by atoms with Gasteiger partial charge in [0, 0.05) is 36.0 Å². The van der Waals surface area contributed by atoms with Crippen LogP contribution in [0.15, 0.2) is 27.8 Å². The van der Waals surface area contributed by atoms with Crippen LogP contribution in [0.25, 0.3) is 0 Å². The largest absolute Gasteiger partial charge is 0.313 e. The summed E-state index contributed by atoms with van der Waals surface area (Å²) in [7, 11) is -3.48. The summed E-state index contributed by atoms with van der Waals surface area (Å²) in [6.07, 6.45) is 10.5. The third kappa shape index (κ3) is 6.50. The number of pyridine rings is 1. The second kappa shape index (κ2) is 9.82. The second-order valence-corrected chi connectivity index (χ2v) is 8.06. The monoisotopic (exact) mass is 411 g/mol. The summed E-state index contributed by atoms with van der Waals surface area (Å²) in [6.45, 7) is 1.05. The molecule has 0 spiro atoms. The van der Waals surface area contributed by atoms with Gasteiger partial charge in [0.25, 0.3) is 0 Å². The molecule has 8 heteroatoms. The van der Waals surface area contributed by atoms with Crippen LogP contribution in [0.5, 0.6) is 0 Å². The molecule has 22 heavy (non-hydrogen) atoms. The van der Waals surface area contributed by atoms with Crippen LogP contribution in [-0.2, 0) is 10.0 Å². The number of halogens is 2. The fourth-order valence-corrected chi connectivity index (χ4v) is 4.10. The number of rotatable bonds is 6. The number of nitrogens with one attached hydrogen (secondary N) is 2. The molecule has 0 atom stereocenters. The summed E-state index contributed by atoms with van der Waals surface area (Å²) in [5.41, 5.74) is 0. The van der Waals surface area contributed by atoms with Crippen LogP contribution in [0.2, 0.25) is 0 Å². The minimum absolute atomic E-state index is 0. The normalized spacial score (nSPS) is 16.8. The van der Waals surface area contributed by atoms with Crippen LogP contribution >= 0.6 is 28.3 Å². The van der Waals surface area contributed by atoms with Gasteiger partial charge in [-0.25, -0.2) is 13.1 Å². The Hall–Kier alpha value is -0.210. The molecule has 126 valence electrons. The second-order valence-electron chi connectivity index (χ2n) is 5.38. The smallest absolute Gasteiger partial charge is 0.242 e. The van der Waals surface area contributed by atoms with Crippen molar-refractivity contribution in [3.63, 3.8) is 0 Å². The Morgan fingerprint density at radius 2 is 1.82 bits per heavy atom. The molecule has 1 saturated carbocycles. The highest BCUT2D eigenvalue weighted by Crippen LogP contribution is 2.17. The maximum absolute atomic E-state index is 12.1. The number of hydrogen-bond donors (Lipinski definition) is 2. The van der Waals surface area contributed by atoms with E-state index in [0.717, 1.165) is 0 Å². The van der Waals surface area contributed by atoms with E-state index in [9.17, 15) is 8.42 Å². The molecule has 1 aromatic rings. The molecule has 0 unspecified atom stereocenters. The van der Waals surface area contributed by atoms with E-state index in [-0.39, 0.29) is 17.3 Å². The SMILES string of the molecule is Cl.O=S(=O)(NCCNC1CCCCCC1)c1cncc(Br)c1. The molecule has 1 aromatic heterocycles. The summed E-state index contributed by atoms with van der Waals surface area (Å²) in [5, 5.41) is 3.45. The van der Waals surface area contributed by atoms with Gasteiger partial charge >= 0.3 is 0 Å². The fourth-order valence-electron chi connectivity index (χ4n) is 2.57. The van der Waals surface area contributed by atoms with E-state index in [1.165, 1.54) is 44.7 Å². The first-order chi connectivity index (χ1) is 10.1. The Kier molecular flexibility index (Phi) is 8.86. The van der Waals surface area contributed by atoms with E-state index in [1.807, 2.05) is 0 Å². The minimum atomic E-state index is -3.48. The highest BCUT2D eigenvalue weighted by molar-refractivity contribution is 9.10. The molecule has 1 heterocycles. The summed E-state index contributed by atoms with van der Waals surface area (Å²) >= 11 is 3.23. The molecule has 1 fully saturated rings. The molecule has 1 aliphatic rings. The van der Waals surface area contributed by atoms with Gasteiger partial charge in [0.2, 0.25) is 10.0 Å². The van der Waals surface area contributed by atoms with Crippen LogP contribution < -0.4 is 10.0 Å². The molecule has 0 amide bonds. The molecular formula is C14H23BrClN3O2S. The van der Waals surface area contributed by atoms with Gasteiger partial charge in [-0.3, -0.25) is 4.98 Å². The fraction of sp³-hybridized carbons (Fsp3) is 0.643. The average Bonchev–Trinajstić information content (AvgIpc) is 2.72. The molecule has 2 N–H and O–H groups in total. The lowest BCUT2D eigenvalue weighted by molar-refractivity contribution is 0.461. The van der Waals surface area contributed by atoms with Crippen LogP contribution in [0, 0.1) is 0 Å². The van der Waals surface area contributed by atoms with Gasteiger partial charge in [-0.15, -0.1) is 12.4 Å². The van der Waals surface area contributed by atoms with E-state index in [4.69, 9.17) is 0 Å². The van der Waals surface area contributed by atoms with Crippen molar-refractivity contribution in [3.8, 4) is 0 Å². The van der Waals surface area contributed by atoms with Crippen molar-refractivity contribution in [3.05, 3.63) is 22.9 Å².